The van der Waals surface area contributed by atoms with Crippen molar-refractivity contribution in [2.75, 3.05) is 39.3 Å². The lowest BCUT2D eigenvalue weighted by atomic mass is 9.95. The average Bonchev–Trinajstić information content (AvgIpc) is 4.12. The molecule has 3 aliphatic rings. The van der Waals surface area contributed by atoms with Crippen molar-refractivity contribution < 1.29 is 9.59 Å². The molecule has 0 spiro atoms. The molecule has 2 N–H and O–H groups in total. The molecule has 10 heteroatoms. The second kappa shape index (κ2) is 19.2. The molecule has 0 saturated carbocycles. The number of H-pyrrole nitrogens is 2. The molecule has 4 atom stereocenters. The lowest BCUT2D eigenvalue weighted by Crippen LogP contribution is -2.45. The highest BCUT2D eigenvalue weighted by atomic mass is 16.2. The van der Waals surface area contributed by atoms with Crippen LogP contribution in [0.2, 0.25) is 0 Å². The molecule has 0 unspecified atom stereocenters. The minimum absolute atomic E-state index is 0.0523. The van der Waals surface area contributed by atoms with E-state index in [0.29, 0.717) is 18.8 Å². The molecular weight excluding hydrogens is 793 g/mol. The first-order valence-corrected chi connectivity index (χ1v) is 23.5. The van der Waals surface area contributed by atoms with E-state index < -0.39 is 6.04 Å². The van der Waals surface area contributed by atoms with Gasteiger partial charge in [-0.15, -0.1) is 0 Å². The number of imidazole rings is 2. The van der Waals surface area contributed by atoms with Gasteiger partial charge in [-0.1, -0.05) is 143 Å². The number of aryl methyl sites for hydroxylation is 2. The van der Waals surface area contributed by atoms with E-state index in [4.69, 9.17) is 9.97 Å². The zero-order valence-corrected chi connectivity index (χ0v) is 37.7. The normalized spacial score (nSPS) is 18.0. The molecule has 0 bridgehead atoms. The van der Waals surface area contributed by atoms with Crippen LogP contribution in [0.3, 0.4) is 0 Å². The summed E-state index contributed by atoms with van der Waals surface area (Å²) in [6, 6.07) is 34.5. The van der Waals surface area contributed by atoms with Crippen LogP contribution in [-0.4, -0.2) is 90.6 Å². The summed E-state index contributed by atoms with van der Waals surface area (Å²) in [7, 11) is 0. The molecule has 1 aliphatic carbocycles. The van der Waals surface area contributed by atoms with Crippen LogP contribution in [0, 0.1) is 11.8 Å². The van der Waals surface area contributed by atoms with E-state index in [9.17, 15) is 9.59 Å². The minimum Gasteiger partial charge on any atom is -0.344 e. The number of benzene rings is 4. The minimum atomic E-state index is -0.453. The van der Waals surface area contributed by atoms with Crippen LogP contribution in [0.4, 0.5) is 0 Å². The van der Waals surface area contributed by atoms with Gasteiger partial charge in [0.15, 0.2) is 6.04 Å². The Bertz CT molecular complexity index is 2620. The van der Waals surface area contributed by atoms with Crippen LogP contribution < -0.4 is 0 Å². The molecule has 0 radical (unpaired) electrons. The summed E-state index contributed by atoms with van der Waals surface area (Å²) in [6.07, 6.45) is 7.27. The SMILES string of the molecule is CCN(CC)[C@@H](C(=O)N1CCC#C[C@H]1c1ncc(-c2ccc(-c3ccc4c(c3)CCCc3[nH]c([C@@H]5CCCN5C(=O)[C@@H](c5ccccc5)N(CC)CC)nc3-4)cc2)[nH]1)c1ccccc1. The molecular formula is C54H60N8O2. The number of likely N-dealkylation sites (N-methyl/N-ethyl adjacent to an activating group) is 2. The second-order valence-corrected chi connectivity index (χ2v) is 17.2. The molecule has 4 aromatic carbocycles. The van der Waals surface area contributed by atoms with E-state index in [-0.39, 0.29) is 29.9 Å². The number of aromatic amines is 2. The van der Waals surface area contributed by atoms with Gasteiger partial charge in [-0.3, -0.25) is 19.4 Å². The summed E-state index contributed by atoms with van der Waals surface area (Å²) in [6.45, 7) is 12.9. The van der Waals surface area contributed by atoms with Crippen molar-refractivity contribution >= 4 is 11.8 Å². The Kier molecular flexibility index (Phi) is 12.9. The van der Waals surface area contributed by atoms with Crippen LogP contribution in [0.5, 0.6) is 0 Å². The zero-order valence-electron chi connectivity index (χ0n) is 37.7. The van der Waals surface area contributed by atoms with E-state index in [1.54, 1.807) is 0 Å². The van der Waals surface area contributed by atoms with Gasteiger partial charge in [0.1, 0.15) is 23.7 Å². The number of hydrogen-bond donors (Lipinski definition) is 2. The van der Waals surface area contributed by atoms with Crippen molar-refractivity contribution in [2.24, 2.45) is 0 Å². The third kappa shape index (κ3) is 8.43. The lowest BCUT2D eigenvalue weighted by molar-refractivity contribution is -0.139. The number of hydrogen-bond acceptors (Lipinski definition) is 6. The van der Waals surface area contributed by atoms with Crippen LogP contribution in [0.1, 0.15) is 112 Å². The van der Waals surface area contributed by atoms with Gasteiger partial charge in [0.2, 0.25) is 11.8 Å². The second-order valence-electron chi connectivity index (χ2n) is 17.2. The predicted molar refractivity (Wildman–Crippen MR) is 254 cm³/mol. The van der Waals surface area contributed by atoms with Crippen LogP contribution >= 0.6 is 0 Å². The molecule has 1 fully saturated rings. The molecule has 4 heterocycles. The third-order valence-electron chi connectivity index (χ3n) is 13.6. The Morgan fingerprint density at radius 2 is 1.33 bits per heavy atom. The summed E-state index contributed by atoms with van der Waals surface area (Å²) in [5, 5.41) is 0. The number of amides is 2. The van der Waals surface area contributed by atoms with Gasteiger partial charge in [0, 0.05) is 30.8 Å². The highest BCUT2D eigenvalue weighted by Crippen LogP contribution is 2.40. The summed E-state index contributed by atoms with van der Waals surface area (Å²) < 4.78 is 0. The van der Waals surface area contributed by atoms with Gasteiger partial charge in [-0.25, -0.2) is 9.97 Å². The zero-order chi connectivity index (χ0) is 44.2. The van der Waals surface area contributed by atoms with Gasteiger partial charge in [0.05, 0.1) is 23.6 Å². The third-order valence-corrected chi connectivity index (χ3v) is 13.6. The fourth-order valence-corrected chi connectivity index (χ4v) is 10.2. The Labute approximate surface area is 378 Å². The number of carbonyl (C=O) groups is 2. The van der Waals surface area contributed by atoms with Gasteiger partial charge >= 0.3 is 0 Å². The fourth-order valence-electron chi connectivity index (χ4n) is 10.2. The van der Waals surface area contributed by atoms with E-state index >= 15 is 0 Å². The van der Waals surface area contributed by atoms with Crippen LogP contribution in [0.15, 0.2) is 109 Å². The van der Waals surface area contributed by atoms with Crippen molar-refractivity contribution in [2.45, 2.75) is 90.4 Å². The van der Waals surface area contributed by atoms with Crippen molar-refractivity contribution in [3.8, 4) is 45.5 Å². The van der Waals surface area contributed by atoms with Gasteiger partial charge in [-0.05, 0) is 91.7 Å². The number of carbonyl (C=O) groups excluding carboxylic acids is 2. The highest BCUT2D eigenvalue weighted by molar-refractivity contribution is 5.85. The Hall–Kier alpha value is -6.28. The number of aromatic nitrogens is 4. The predicted octanol–water partition coefficient (Wildman–Crippen LogP) is 9.73. The van der Waals surface area contributed by atoms with E-state index in [2.05, 4.69) is 119 Å². The van der Waals surface area contributed by atoms with Crippen molar-refractivity contribution in [3.05, 3.63) is 143 Å². The average molecular weight is 853 g/mol. The summed E-state index contributed by atoms with van der Waals surface area (Å²) >= 11 is 0. The van der Waals surface area contributed by atoms with Gasteiger partial charge in [0.25, 0.3) is 0 Å². The van der Waals surface area contributed by atoms with Gasteiger partial charge < -0.3 is 19.8 Å². The first-order chi connectivity index (χ1) is 31.4. The molecule has 2 aliphatic heterocycles. The first kappa shape index (κ1) is 43.0. The van der Waals surface area contributed by atoms with Crippen LogP contribution in [0.25, 0.3) is 33.6 Å². The maximum Gasteiger partial charge on any atom is 0.245 e. The number of likely N-dealkylation sites (tertiary alicyclic amines) is 1. The maximum atomic E-state index is 14.5. The molecule has 1 saturated heterocycles. The van der Waals surface area contributed by atoms with E-state index in [1.165, 1.54) is 22.4 Å². The number of fused-ring (bicyclic) bond motifs is 3. The van der Waals surface area contributed by atoms with Crippen molar-refractivity contribution in [3.63, 3.8) is 0 Å². The largest absolute Gasteiger partial charge is 0.344 e. The standard InChI is InChI=1S/C54H60N8O2/c1-5-59(6-2)49(39-19-11-9-12-20-39)53(63)61-33-16-15-25-46(61)51-55-36-45(57-51)38-29-27-37(28-30-38)41-31-32-43-42(35-41)23-17-24-44-48(43)58-52(56-44)47-26-18-34-62(47)54(64)50(60(7-3)8-4)40-21-13-10-14-22-40/h9-14,19-22,27-32,35-36,46-47,49-50H,5-8,16-18,23-24,26,33-34H2,1-4H3,(H,55,57)(H,56,58)/t46-,47-,49+,50+/m0/s1. The summed E-state index contributed by atoms with van der Waals surface area (Å²) in [4.78, 5) is 54.7. The van der Waals surface area contributed by atoms with Crippen molar-refractivity contribution in [1.82, 2.24) is 39.5 Å². The highest BCUT2D eigenvalue weighted by Gasteiger charge is 2.39. The summed E-state index contributed by atoms with van der Waals surface area (Å²) in [5.74, 6) is 8.39. The Morgan fingerprint density at radius 3 is 1.98 bits per heavy atom. The summed E-state index contributed by atoms with van der Waals surface area (Å²) in [5.41, 5.74) is 10.9. The molecule has 6 aromatic rings. The van der Waals surface area contributed by atoms with Crippen LogP contribution in [-0.2, 0) is 22.4 Å². The molecule has 9 rings (SSSR count). The number of nitrogens with one attached hydrogen (secondary N) is 2. The maximum absolute atomic E-state index is 14.5. The monoisotopic (exact) mass is 852 g/mol. The molecule has 328 valence electrons. The fraction of sp³-hybridized carbons (Fsp3) is 0.370. The topological polar surface area (TPSA) is 104 Å². The Morgan fingerprint density at radius 1 is 0.703 bits per heavy atom. The van der Waals surface area contributed by atoms with E-state index in [0.717, 1.165) is 104 Å². The quantitative estimate of drug-likeness (QED) is 0.106. The first-order valence-electron chi connectivity index (χ1n) is 23.5. The smallest absolute Gasteiger partial charge is 0.245 e. The molecule has 2 amide bonds. The van der Waals surface area contributed by atoms with E-state index in [1.807, 2.05) is 59.6 Å². The number of nitrogens with zero attached hydrogens (tertiary/aromatic N) is 6. The van der Waals surface area contributed by atoms with Crippen molar-refractivity contribution in [1.29, 1.82) is 0 Å². The number of rotatable bonds is 14. The molecule has 10 nitrogen and oxygen atoms in total. The van der Waals surface area contributed by atoms with Gasteiger partial charge in [-0.2, -0.15) is 0 Å². The Balaban J connectivity index is 0.924. The molecule has 64 heavy (non-hydrogen) atoms. The lowest BCUT2D eigenvalue weighted by Gasteiger charge is -2.36. The molecule has 2 aromatic heterocycles.